The number of benzene rings is 1. The summed E-state index contributed by atoms with van der Waals surface area (Å²) >= 11 is 0. The molecule has 0 saturated carbocycles. The van der Waals surface area contributed by atoms with Gasteiger partial charge in [0.05, 0.1) is 0 Å². The van der Waals surface area contributed by atoms with Crippen LogP contribution in [0.2, 0.25) is 0 Å². The van der Waals surface area contributed by atoms with Crippen molar-refractivity contribution in [3.63, 3.8) is 0 Å². The van der Waals surface area contributed by atoms with Crippen molar-refractivity contribution >= 4 is 5.91 Å². The van der Waals surface area contributed by atoms with Gasteiger partial charge < -0.3 is 10.3 Å². The van der Waals surface area contributed by atoms with Gasteiger partial charge in [0.15, 0.2) is 0 Å². The average molecular weight is 280 g/mol. The van der Waals surface area contributed by atoms with Gasteiger partial charge in [0, 0.05) is 31.9 Å². The van der Waals surface area contributed by atoms with Crippen LogP contribution >= 0.6 is 0 Å². The van der Waals surface area contributed by atoms with Gasteiger partial charge in [-0.05, 0) is 12.1 Å². The van der Waals surface area contributed by atoms with Crippen LogP contribution in [-0.2, 0) is 24.7 Å². The summed E-state index contributed by atoms with van der Waals surface area (Å²) < 4.78 is 28.8. The molecule has 7 heteroatoms. The number of hydrogen-bond donors (Lipinski definition) is 1. The lowest BCUT2D eigenvalue weighted by atomic mass is 10.1. The topological polar surface area (TPSA) is 73.8 Å². The van der Waals surface area contributed by atoms with Crippen LogP contribution in [-0.4, -0.2) is 20.7 Å². The second-order valence-electron chi connectivity index (χ2n) is 4.43. The van der Waals surface area contributed by atoms with E-state index in [-0.39, 0.29) is 18.4 Å². The van der Waals surface area contributed by atoms with Gasteiger partial charge in [-0.25, -0.2) is 8.78 Å². The summed E-state index contributed by atoms with van der Waals surface area (Å²) in [7, 11) is 1.68. The number of aromatic nitrogens is 3. The summed E-state index contributed by atoms with van der Waals surface area (Å²) in [5.41, 5.74) is 5.01. The molecule has 0 atom stereocenters. The second-order valence-corrected chi connectivity index (χ2v) is 4.43. The SMILES string of the molecule is Cn1c(CCC(N)=O)nnc1Cc1c(F)cccc1F. The molecule has 0 spiro atoms. The Kier molecular flexibility index (Phi) is 4.07. The zero-order valence-electron chi connectivity index (χ0n) is 10.9. The number of halogens is 2. The Morgan fingerprint density at radius 2 is 1.85 bits per heavy atom. The summed E-state index contributed by atoms with van der Waals surface area (Å²) in [5, 5.41) is 7.80. The summed E-state index contributed by atoms with van der Waals surface area (Å²) in [6, 6.07) is 3.70. The molecule has 20 heavy (non-hydrogen) atoms. The van der Waals surface area contributed by atoms with Crippen molar-refractivity contribution in [1.29, 1.82) is 0 Å². The minimum Gasteiger partial charge on any atom is -0.370 e. The molecule has 0 aliphatic heterocycles. The van der Waals surface area contributed by atoms with E-state index >= 15 is 0 Å². The van der Waals surface area contributed by atoms with E-state index in [1.54, 1.807) is 11.6 Å². The van der Waals surface area contributed by atoms with E-state index in [4.69, 9.17) is 5.73 Å². The predicted octanol–water partition coefficient (Wildman–Crippen LogP) is 1.10. The quantitative estimate of drug-likeness (QED) is 0.891. The molecule has 0 bridgehead atoms. The minimum absolute atomic E-state index is 0.00141. The van der Waals surface area contributed by atoms with E-state index in [1.807, 2.05) is 0 Å². The fraction of sp³-hybridized carbons (Fsp3) is 0.308. The maximum Gasteiger partial charge on any atom is 0.217 e. The first-order valence-electron chi connectivity index (χ1n) is 6.07. The second kappa shape index (κ2) is 5.77. The number of nitrogens with two attached hydrogens (primary N) is 1. The van der Waals surface area contributed by atoms with Gasteiger partial charge in [-0.2, -0.15) is 0 Å². The number of carbonyl (C=O) groups is 1. The molecule has 0 aliphatic carbocycles. The van der Waals surface area contributed by atoms with Crippen molar-refractivity contribution in [1.82, 2.24) is 14.8 Å². The number of nitrogens with zero attached hydrogens (tertiary/aromatic N) is 3. The van der Waals surface area contributed by atoms with Crippen molar-refractivity contribution in [2.75, 3.05) is 0 Å². The summed E-state index contributed by atoms with van der Waals surface area (Å²) in [6.45, 7) is 0. The Labute approximate surface area is 114 Å². The van der Waals surface area contributed by atoms with Crippen LogP contribution < -0.4 is 5.73 Å². The van der Waals surface area contributed by atoms with Crippen molar-refractivity contribution in [2.45, 2.75) is 19.3 Å². The molecule has 0 aliphatic rings. The number of carbonyl (C=O) groups excluding carboxylic acids is 1. The molecular formula is C13H14F2N4O. The standard InChI is InChI=1S/C13H14F2N4O/c1-19-12(6-5-11(16)20)17-18-13(19)7-8-9(14)3-2-4-10(8)15/h2-4H,5-7H2,1H3,(H2,16,20). The van der Waals surface area contributed by atoms with E-state index in [0.717, 1.165) is 0 Å². The largest absolute Gasteiger partial charge is 0.370 e. The number of rotatable bonds is 5. The summed E-state index contributed by atoms with van der Waals surface area (Å²) in [4.78, 5) is 10.7. The lowest BCUT2D eigenvalue weighted by Gasteiger charge is -2.05. The number of amides is 1. The minimum atomic E-state index is -0.619. The van der Waals surface area contributed by atoms with E-state index in [0.29, 0.717) is 18.1 Å². The summed E-state index contributed by atoms with van der Waals surface area (Å²) in [5.74, 6) is -0.697. The molecule has 1 heterocycles. The van der Waals surface area contributed by atoms with E-state index < -0.39 is 17.5 Å². The Morgan fingerprint density at radius 3 is 2.45 bits per heavy atom. The van der Waals surface area contributed by atoms with Gasteiger partial charge in [-0.3, -0.25) is 4.79 Å². The molecule has 2 N–H and O–H groups in total. The number of hydrogen-bond acceptors (Lipinski definition) is 3. The van der Waals surface area contributed by atoms with Gasteiger partial charge in [-0.15, -0.1) is 10.2 Å². The van der Waals surface area contributed by atoms with Crippen molar-refractivity contribution in [3.8, 4) is 0 Å². The van der Waals surface area contributed by atoms with E-state index in [2.05, 4.69) is 10.2 Å². The molecule has 1 aromatic carbocycles. The lowest BCUT2D eigenvalue weighted by Crippen LogP contribution is -2.13. The molecular weight excluding hydrogens is 266 g/mol. The first kappa shape index (κ1) is 14.1. The normalized spacial score (nSPS) is 10.8. The molecule has 1 amide bonds. The summed E-state index contributed by atoms with van der Waals surface area (Å²) in [6.07, 6.45) is 0.497. The van der Waals surface area contributed by atoms with E-state index in [1.165, 1.54) is 18.2 Å². The monoisotopic (exact) mass is 280 g/mol. The highest BCUT2D eigenvalue weighted by molar-refractivity contribution is 5.73. The maximum absolute atomic E-state index is 13.6. The molecule has 0 fully saturated rings. The number of aryl methyl sites for hydroxylation is 1. The van der Waals surface area contributed by atoms with Crippen LogP contribution in [0.5, 0.6) is 0 Å². The van der Waals surface area contributed by atoms with Crippen LogP contribution in [0.25, 0.3) is 0 Å². The Bertz CT molecular complexity index is 619. The van der Waals surface area contributed by atoms with Gasteiger partial charge in [0.25, 0.3) is 0 Å². The highest BCUT2D eigenvalue weighted by Gasteiger charge is 2.15. The molecule has 2 rings (SSSR count). The van der Waals surface area contributed by atoms with Crippen molar-refractivity contribution < 1.29 is 13.6 Å². The fourth-order valence-corrected chi connectivity index (χ4v) is 1.86. The van der Waals surface area contributed by atoms with Crippen molar-refractivity contribution in [2.24, 2.45) is 12.8 Å². The molecule has 0 saturated heterocycles. The number of primary amides is 1. The van der Waals surface area contributed by atoms with Crippen LogP contribution in [0.3, 0.4) is 0 Å². The van der Waals surface area contributed by atoms with E-state index in [9.17, 15) is 13.6 Å². The van der Waals surface area contributed by atoms with Crippen LogP contribution in [0, 0.1) is 11.6 Å². The smallest absolute Gasteiger partial charge is 0.217 e. The van der Waals surface area contributed by atoms with Gasteiger partial charge in [0.1, 0.15) is 23.3 Å². The Hall–Kier alpha value is -2.31. The third kappa shape index (κ3) is 2.98. The maximum atomic E-state index is 13.6. The molecule has 0 unspecified atom stereocenters. The average Bonchev–Trinajstić information content (AvgIpc) is 2.73. The third-order valence-corrected chi connectivity index (χ3v) is 3.05. The van der Waals surface area contributed by atoms with Gasteiger partial charge >= 0.3 is 0 Å². The third-order valence-electron chi connectivity index (χ3n) is 3.05. The van der Waals surface area contributed by atoms with Crippen molar-refractivity contribution in [3.05, 3.63) is 47.0 Å². The lowest BCUT2D eigenvalue weighted by molar-refractivity contribution is -0.118. The highest BCUT2D eigenvalue weighted by atomic mass is 19.1. The molecule has 106 valence electrons. The predicted molar refractivity (Wildman–Crippen MR) is 67.7 cm³/mol. The molecule has 0 radical (unpaired) electrons. The van der Waals surface area contributed by atoms with Crippen LogP contribution in [0.1, 0.15) is 23.6 Å². The Balaban J connectivity index is 2.20. The van der Waals surface area contributed by atoms with Gasteiger partial charge in [0.2, 0.25) is 5.91 Å². The zero-order valence-corrected chi connectivity index (χ0v) is 10.9. The molecule has 2 aromatic rings. The zero-order chi connectivity index (χ0) is 14.7. The first-order valence-corrected chi connectivity index (χ1v) is 6.07. The molecule has 1 aromatic heterocycles. The van der Waals surface area contributed by atoms with Crippen LogP contribution in [0.15, 0.2) is 18.2 Å². The Morgan fingerprint density at radius 1 is 1.25 bits per heavy atom. The van der Waals surface area contributed by atoms with Crippen LogP contribution in [0.4, 0.5) is 8.78 Å². The molecule has 5 nitrogen and oxygen atoms in total. The highest BCUT2D eigenvalue weighted by Crippen LogP contribution is 2.16. The van der Waals surface area contributed by atoms with Gasteiger partial charge in [-0.1, -0.05) is 6.07 Å². The first-order chi connectivity index (χ1) is 9.49. The fourth-order valence-electron chi connectivity index (χ4n) is 1.86.